The molecule has 156 valence electrons. The molecule has 1 N–H and O–H groups in total. The van der Waals surface area contributed by atoms with Crippen molar-refractivity contribution in [1.82, 2.24) is 4.90 Å². The molecule has 2 aromatic carbocycles. The number of hydrogen-bond donors (Lipinski definition) is 1. The minimum atomic E-state index is -0.542. The number of aliphatic hydroxyl groups is 1. The number of carbonyl (C=O) groups excluding carboxylic acids is 2. The summed E-state index contributed by atoms with van der Waals surface area (Å²) >= 11 is 0. The number of ketones is 2. The third kappa shape index (κ3) is 4.35. The number of carbonyl (C=O) groups is 2. The van der Waals surface area contributed by atoms with Gasteiger partial charge in [-0.2, -0.15) is 0 Å². The van der Waals surface area contributed by atoms with Crippen molar-refractivity contribution in [2.24, 2.45) is 0 Å². The average Bonchev–Trinajstić information content (AvgIpc) is 2.75. The van der Waals surface area contributed by atoms with E-state index in [0.717, 1.165) is 13.1 Å². The molecule has 1 spiro atoms. The molecule has 0 bridgehead atoms. The third-order valence-corrected chi connectivity index (χ3v) is 5.85. The van der Waals surface area contributed by atoms with E-state index in [9.17, 15) is 14.0 Å². The molecule has 0 saturated carbocycles. The van der Waals surface area contributed by atoms with Gasteiger partial charge in [0.1, 0.15) is 23.8 Å². The van der Waals surface area contributed by atoms with E-state index in [-0.39, 0.29) is 11.6 Å². The van der Waals surface area contributed by atoms with Crippen molar-refractivity contribution >= 4 is 17.6 Å². The fourth-order valence-corrected chi connectivity index (χ4v) is 4.12. The number of piperidine rings is 1. The van der Waals surface area contributed by atoms with Crippen LogP contribution in [0.4, 0.5) is 4.39 Å². The summed E-state index contributed by atoms with van der Waals surface area (Å²) in [4.78, 5) is 26.3. The second-order valence-electron chi connectivity index (χ2n) is 7.97. The van der Waals surface area contributed by atoms with Crippen molar-refractivity contribution in [3.05, 3.63) is 71.0 Å². The number of nitrogens with zero attached hydrogens (tertiary/aromatic N) is 1. The van der Waals surface area contributed by atoms with E-state index in [0.29, 0.717) is 48.2 Å². The van der Waals surface area contributed by atoms with Crippen molar-refractivity contribution in [3.8, 4) is 5.75 Å². The maximum Gasteiger partial charge on any atom is 0.181 e. The number of halogens is 1. The topological polar surface area (TPSA) is 66.8 Å². The minimum Gasteiger partial charge on any atom is -0.486 e. The van der Waals surface area contributed by atoms with Gasteiger partial charge in [0.15, 0.2) is 11.6 Å². The van der Waals surface area contributed by atoms with Gasteiger partial charge < -0.3 is 9.84 Å². The Morgan fingerprint density at radius 2 is 1.97 bits per heavy atom. The van der Waals surface area contributed by atoms with Gasteiger partial charge in [-0.05, 0) is 29.8 Å². The predicted octanol–water partition coefficient (Wildman–Crippen LogP) is 3.40. The van der Waals surface area contributed by atoms with Gasteiger partial charge in [0, 0.05) is 38.0 Å². The fraction of sp³-hybridized carbons (Fsp3) is 0.333. The molecule has 2 aromatic rings. The molecule has 2 aliphatic rings. The quantitative estimate of drug-likeness (QED) is 0.767. The number of ether oxygens (including phenoxy) is 1. The molecule has 0 atom stereocenters. The fourth-order valence-electron chi connectivity index (χ4n) is 4.12. The molecular formula is C24H24FNO4. The smallest absolute Gasteiger partial charge is 0.181 e. The summed E-state index contributed by atoms with van der Waals surface area (Å²) in [5, 5.41) is 8.81. The average molecular weight is 409 g/mol. The maximum absolute atomic E-state index is 13.9. The van der Waals surface area contributed by atoms with Crippen LogP contribution in [0.5, 0.6) is 5.75 Å². The van der Waals surface area contributed by atoms with E-state index in [1.165, 1.54) is 12.1 Å². The Morgan fingerprint density at radius 3 is 2.70 bits per heavy atom. The number of benzene rings is 2. The van der Waals surface area contributed by atoms with E-state index >= 15 is 0 Å². The first-order valence-corrected chi connectivity index (χ1v) is 10.1. The Bertz CT molecular complexity index is 992. The second-order valence-corrected chi connectivity index (χ2v) is 7.97. The molecule has 0 radical (unpaired) electrons. The minimum absolute atomic E-state index is 0.0301. The molecule has 1 saturated heterocycles. The summed E-state index contributed by atoms with van der Waals surface area (Å²) in [6, 6.07) is 12.1. The Hall–Kier alpha value is -2.83. The molecule has 2 aliphatic heterocycles. The summed E-state index contributed by atoms with van der Waals surface area (Å²) < 4.78 is 20.2. The zero-order chi connectivity index (χ0) is 21.1. The molecule has 30 heavy (non-hydrogen) atoms. The van der Waals surface area contributed by atoms with Crippen LogP contribution in [0, 0.1) is 5.82 Å². The summed E-state index contributed by atoms with van der Waals surface area (Å²) in [5.74, 6) is 0.0136. The van der Waals surface area contributed by atoms with Crippen LogP contribution in [0.2, 0.25) is 0 Å². The van der Waals surface area contributed by atoms with E-state index in [2.05, 4.69) is 4.90 Å². The number of rotatable bonds is 5. The molecule has 0 aliphatic carbocycles. The monoisotopic (exact) mass is 409 g/mol. The van der Waals surface area contributed by atoms with E-state index in [1.807, 2.05) is 6.07 Å². The number of aliphatic hydroxyl groups excluding tert-OH is 1. The highest BCUT2D eigenvalue weighted by Gasteiger charge is 2.42. The van der Waals surface area contributed by atoms with E-state index in [1.54, 1.807) is 36.4 Å². The van der Waals surface area contributed by atoms with Gasteiger partial charge in [-0.3, -0.25) is 14.5 Å². The summed E-state index contributed by atoms with van der Waals surface area (Å²) in [6.07, 6.45) is 4.61. The summed E-state index contributed by atoms with van der Waals surface area (Å²) in [6.45, 7) is 1.48. The zero-order valence-electron chi connectivity index (χ0n) is 16.6. The van der Waals surface area contributed by atoms with Crippen LogP contribution in [0.3, 0.4) is 0 Å². The SMILES string of the molecule is O=C(/C=C/c1ccc2c(c1)C(=O)CC1(CCN(Cc3ccccc3F)CC1)O2)CO. The Labute approximate surface area is 174 Å². The van der Waals surface area contributed by atoms with Crippen LogP contribution < -0.4 is 4.74 Å². The van der Waals surface area contributed by atoms with Gasteiger partial charge in [0.25, 0.3) is 0 Å². The molecule has 0 aromatic heterocycles. The number of Topliss-reactive ketones (excluding diaryl/α,β-unsaturated/α-hetero) is 1. The van der Waals surface area contributed by atoms with Crippen LogP contribution in [-0.4, -0.2) is 46.9 Å². The van der Waals surface area contributed by atoms with Gasteiger partial charge in [-0.1, -0.05) is 30.3 Å². The van der Waals surface area contributed by atoms with Crippen LogP contribution in [0.1, 0.15) is 40.7 Å². The first-order chi connectivity index (χ1) is 14.5. The molecule has 6 heteroatoms. The molecule has 1 fully saturated rings. The highest BCUT2D eigenvalue weighted by molar-refractivity contribution is 6.01. The van der Waals surface area contributed by atoms with E-state index < -0.39 is 18.0 Å². The highest BCUT2D eigenvalue weighted by Crippen LogP contribution is 2.40. The standard InChI is InChI=1S/C24H24FNO4/c25-21-4-2-1-3-18(21)15-26-11-9-24(10-12-26)14-22(29)20-13-17(5-7-19(28)16-27)6-8-23(20)30-24/h1-8,13,27H,9-12,14-16H2/b7-5+. The van der Waals surface area contributed by atoms with Gasteiger partial charge in [0.2, 0.25) is 0 Å². The number of hydrogen-bond acceptors (Lipinski definition) is 5. The Balaban J connectivity index is 1.43. The molecular weight excluding hydrogens is 385 g/mol. The van der Waals surface area contributed by atoms with Crippen LogP contribution in [0.25, 0.3) is 6.08 Å². The zero-order valence-corrected chi connectivity index (χ0v) is 16.6. The lowest BCUT2D eigenvalue weighted by Gasteiger charge is -2.44. The van der Waals surface area contributed by atoms with Crippen molar-refractivity contribution in [1.29, 1.82) is 0 Å². The van der Waals surface area contributed by atoms with Gasteiger partial charge in [0.05, 0.1) is 12.0 Å². The lowest BCUT2D eigenvalue weighted by Crippen LogP contribution is -2.50. The molecule has 0 unspecified atom stereocenters. The lowest BCUT2D eigenvalue weighted by molar-refractivity contribution is -0.117. The van der Waals surface area contributed by atoms with Crippen molar-refractivity contribution < 1.29 is 23.8 Å². The van der Waals surface area contributed by atoms with Crippen LogP contribution >= 0.6 is 0 Å². The van der Waals surface area contributed by atoms with Crippen LogP contribution in [0.15, 0.2) is 48.5 Å². The highest BCUT2D eigenvalue weighted by atomic mass is 19.1. The maximum atomic E-state index is 13.9. The van der Waals surface area contributed by atoms with Crippen molar-refractivity contribution in [3.63, 3.8) is 0 Å². The van der Waals surface area contributed by atoms with E-state index in [4.69, 9.17) is 9.84 Å². The van der Waals surface area contributed by atoms with Gasteiger partial charge in [-0.25, -0.2) is 4.39 Å². The summed E-state index contributed by atoms with van der Waals surface area (Å²) in [7, 11) is 0. The molecule has 0 amide bonds. The van der Waals surface area contributed by atoms with Crippen molar-refractivity contribution in [2.45, 2.75) is 31.4 Å². The van der Waals surface area contributed by atoms with Gasteiger partial charge >= 0.3 is 0 Å². The van der Waals surface area contributed by atoms with Crippen molar-refractivity contribution in [2.75, 3.05) is 19.7 Å². The predicted molar refractivity (Wildman–Crippen MR) is 111 cm³/mol. The van der Waals surface area contributed by atoms with Gasteiger partial charge in [-0.15, -0.1) is 0 Å². The normalized spacial score (nSPS) is 18.4. The Morgan fingerprint density at radius 1 is 1.20 bits per heavy atom. The second kappa shape index (κ2) is 8.50. The number of fused-ring (bicyclic) bond motifs is 1. The largest absolute Gasteiger partial charge is 0.486 e. The number of likely N-dealkylation sites (tertiary alicyclic amines) is 1. The molecule has 2 heterocycles. The first kappa shape index (κ1) is 20.4. The Kier molecular flexibility index (Phi) is 5.79. The first-order valence-electron chi connectivity index (χ1n) is 10.1. The lowest BCUT2D eigenvalue weighted by atomic mass is 9.82. The molecule has 5 nitrogen and oxygen atoms in total. The molecule has 4 rings (SSSR count). The third-order valence-electron chi connectivity index (χ3n) is 5.85. The summed E-state index contributed by atoms with van der Waals surface area (Å²) in [5.41, 5.74) is 1.40. The van der Waals surface area contributed by atoms with Crippen LogP contribution in [-0.2, 0) is 11.3 Å².